The highest BCUT2D eigenvalue weighted by molar-refractivity contribution is 5.70. The van der Waals surface area contributed by atoms with Gasteiger partial charge >= 0.3 is 6.09 Å². The van der Waals surface area contributed by atoms with Crippen molar-refractivity contribution >= 4 is 6.09 Å². The maximum atomic E-state index is 13.2. The van der Waals surface area contributed by atoms with Crippen LogP contribution >= 0.6 is 0 Å². The van der Waals surface area contributed by atoms with E-state index in [0.29, 0.717) is 6.54 Å². The number of hydrogen-bond acceptors (Lipinski definition) is 3. The average Bonchev–Trinajstić information content (AvgIpc) is 2.76. The first kappa shape index (κ1) is 11.8. The Morgan fingerprint density at radius 2 is 2.29 bits per heavy atom. The largest absolute Gasteiger partial charge is 0.412 e. The first-order chi connectivity index (χ1) is 8.15. The Morgan fingerprint density at radius 1 is 1.47 bits per heavy atom. The topological polar surface area (TPSA) is 50.4 Å². The van der Waals surface area contributed by atoms with Crippen LogP contribution in [0.4, 0.5) is 13.6 Å². The van der Waals surface area contributed by atoms with Crippen LogP contribution in [0.15, 0.2) is 18.2 Å². The van der Waals surface area contributed by atoms with E-state index >= 15 is 0 Å². The molecule has 0 saturated carbocycles. The van der Waals surface area contributed by atoms with Crippen LogP contribution in [0, 0.1) is 11.6 Å². The molecule has 0 bridgehead atoms. The van der Waals surface area contributed by atoms with E-state index in [2.05, 4.69) is 10.6 Å². The molecule has 0 aliphatic carbocycles. The standard InChI is InChI=1S/C11H12F2N2O2/c12-7-1-2-9(13)10(5-7)17-11(16)15-8-3-4-14-6-8/h1-2,5,8,14H,3-4,6H2,(H,15,16). The molecule has 1 aromatic rings. The summed E-state index contributed by atoms with van der Waals surface area (Å²) in [7, 11) is 0. The lowest BCUT2D eigenvalue weighted by atomic mass is 10.3. The summed E-state index contributed by atoms with van der Waals surface area (Å²) in [6.45, 7) is 1.47. The van der Waals surface area contributed by atoms with Crippen molar-refractivity contribution in [2.45, 2.75) is 12.5 Å². The van der Waals surface area contributed by atoms with Crippen molar-refractivity contribution in [1.82, 2.24) is 10.6 Å². The summed E-state index contributed by atoms with van der Waals surface area (Å²) in [5.74, 6) is -1.84. The summed E-state index contributed by atoms with van der Waals surface area (Å²) in [4.78, 5) is 11.4. The van der Waals surface area contributed by atoms with Crippen molar-refractivity contribution < 1.29 is 18.3 Å². The van der Waals surface area contributed by atoms with Gasteiger partial charge in [0, 0.05) is 18.7 Å². The van der Waals surface area contributed by atoms with Crippen molar-refractivity contribution in [3.63, 3.8) is 0 Å². The minimum absolute atomic E-state index is 0.0286. The van der Waals surface area contributed by atoms with Crippen LogP contribution in [0.25, 0.3) is 0 Å². The minimum atomic E-state index is -0.775. The van der Waals surface area contributed by atoms with Gasteiger partial charge in [-0.1, -0.05) is 0 Å². The van der Waals surface area contributed by atoms with E-state index in [9.17, 15) is 13.6 Å². The third kappa shape index (κ3) is 3.13. The van der Waals surface area contributed by atoms with E-state index in [0.717, 1.165) is 31.2 Å². The number of amides is 1. The zero-order valence-electron chi connectivity index (χ0n) is 9.00. The van der Waals surface area contributed by atoms with E-state index < -0.39 is 23.5 Å². The van der Waals surface area contributed by atoms with Gasteiger partial charge in [0.25, 0.3) is 0 Å². The van der Waals surface area contributed by atoms with Crippen LogP contribution in [0.1, 0.15) is 6.42 Å². The number of rotatable bonds is 2. The second kappa shape index (κ2) is 5.09. The van der Waals surface area contributed by atoms with Gasteiger partial charge in [0.15, 0.2) is 11.6 Å². The average molecular weight is 242 g/mol. The summed E-state index contributed by atoms with van der Waals surface area (Å²) in [5.41, 5.74) is 0. The Bertz CT molecular complexity index is 420. The molecule has 1 fully saturated rings. The first-order valence-electron chi connectivity index (χ1n) is 5.29. The second-order valence-electron chi connectivity index (χ2n) is 3.80. The van der Waals surface area contributed by atoms with Gasteiger partial charge < -0.3 is 15.4 Å². The third-order valence-corrected chi connectivity index (χ3v) is 2.48. The highest BCUT2D eigenvalue weighted by Crippen LogP contribution is 2.18. The van der Waals surface area contributed by atoms with Crippen molar-refractivity contribution in [2.24, 2.45) is 0 Å². The van der Waals surface area contributed by atoms with Crippen LogP contribution in [0.2, 0.25) is 0 Å². The molecule has 1 aliphatic rings. The van der Waals surface area contributed by atoms with Gasteiger partial charge in [-0.3, -0.25) is 0 Å². The molecule has 2 rings (SSSR count). The van der Waals surface area contributed by atoms with Crippen LogP contribution in [0.5, 0.6) is 5.75 Å². The molecule has 1 heterocycles. The highest BCUT2D eigenvalue weighted by atomic mass is 19.1. The molecule has 6 heteroatoms. The quantitative estimate of drug-likeness (QED) is 0.824. The van der Waals surface area contributed by atoms with E-state index in [1.807, 2.05) is 0 Å². The maximum Gasteiger partial charge on any atom is 0.412 e. The molecule has 0 spiro atoms. The summed E-state index contributed by atoms with van der Waals surface area (Å²) in [6.07, 6.45) is 0.0176. The molecule has 1 saturated heterocycles. The zero-order chi connectivity index (χ0) is 12.3. The fraction of sp³-hybridized carbons (Fsp3) is 0.364. The van der Waals surface area contributed by atoms with Crippen molar-refractivity contribution in [1.29, 1.82) is 0 Å². The number of carbonyl (C=O) groups excluding carboxylic acids is 1. The lowest BCUT2D eigenvalue weighted by Crippen LogP contribution is -2.38. The Kier molecular flexibility index (Phi) is 3.53. The molecule has 1 atom stereocenters. The molecule has 0 radical (unpaired) electrons. The van der Waals surface area contributed by atoms with E-state index in [1.54, 1.807) is 0 Å². The van der Waals surface area contributed by atoms with Crippen molar-refractivity contribution in [3.8, 4) is 5.75 Å². The van der Waals surface area contributed by atoms with Crippen molar-refractivity contribution in [2.75, 3.05) is 13.1 Å². The number of ether oxygens (including phenoxy) is 1. The van der Waals surface area contributed by atoms with Crippen LogP contribution in [-0.2, 0) is 0 Å². The Labute approximate surface area is 97.0 Å². The molecule has 4 nitrogen and oxygen atoms in total. The highest BCUT2D eigenvalue weighted by Gasteiger charge is 2.18. The maximum absolute atomic E-state index is 13.2. The van der Waals surface area contributed by atoms with Crippen molar-refractivity contribution in [3.05, 3.63) is 29.8 Å². The van der Waals surface area contributed by atoms with E-state index in [1.165, 1.54) is 0 Å². The third-order valence-electron chi connectivity index (χ3n) is 2.48. The second-order valence-corrected chi connectivity index (χ2v) is 3.80. The van der Waals surface area contributed by atoms with Gasteiger partial charge in [0.2, 0.25) is 0 Å². The number of benzene rings is 1. The Balaban J connectivity index is 1.95. The lowest BCUT2D eigenvalue weighted by Gasteiger charge is -2.11. The molecule has 0 aromatic heterocycles. The summed E-state index contributed by atoms with van der Waals surface area (Å²) in [5, 5.41) is 5.62. The smallest absolute Gasteiger partial charge is 0.407 e. The summed E-state index contributed by atoms with van der Waals surface area (Å²) in [6, 6.07) is 2.68. The molecule has 1 unspecified atom stereocenters. The molecule has 1 aromatic carbocycles. The lowest BCUT2D eigenvalue weighted by molar-refractivity contribution is 0.194. The first-order valence-corrected chi connectivity index (χ1v) is 5.29. The summed E-state index contributed by atoms with van der Waals surface area (Å²) >= 11 is 0. The molecule has 17 heavy (non-hydrogen) atoms. The van der Waals surface area contributed by atoms with Gasteiger partial charge in [-0.25, -0.2) is 13.6 Å². The fourth-order valence-electron chi connectivity index (χ4n) is 1.63. The fourth-order valence-corrected chi connectivity index (χ4v) is 1.63. The predicted octanol–water partition coefficient (Wildman–Crippen LogP) is 1.42. The van der Waals surface area contributed by atoms with Crippen LogP contribution in [0.3, 0.4) is 0 Å². The van der Waals surface area contributed by atoms with Gasteiger partial charge in [-0.2, -0.15) is 0 Å². The predicted molar refractivity (Wildman–Crippen MR) is 56.8 cm³/mol. The monoisotopic (exact) mass is 242 g/mol. The molecule has 92 valence electrons. The Morgan fingerprint density at radius 3 is 3.00 bits per heavy atom. The SMILES string of the molecule is O=C(NC1CCNC1)Oc1cc(F)ccc1F. The van der Waals surface area contributed by atoms with Gasteiger partial charge in [-0.15, -0.1) is 0 Å². The van der Waals surface area contributed by atoms with Crippen LogP contribution in [-0.4, -0.2) is 25.2 Å². The molecule has 1 amide bonds. The molecular weight excluding hydrogens is 230 g/mol. The van der Waals surface area contributed by atoms with Gasteiger partial charge in [0.1, 0.15) is 5.82 Å². The molecular formula is C11H12F2N2O2. The van der Waals surface area contributed by atoms with Gasteiger partial charge in [-0.05, 0) is 25.1 Å². The number of nitrogens with one attached hydrogen (secondary N) is 2. The normalized spacial score (nSPS) is 19.1. The zero-order valence-corrected chi connectivity index (χ0v) is 9.00. The number of carbonyl (C=O) groups is 1. The summed E-state index contributed by atoms with van der Waals surface area (Å²) < 4.78 is 30.7. The number of hydrogen-bond donors (Lipinski definition) is 2. The Hall–Kier alpha value is -1.69. The van der Waals surface area contributed by atoms with Gasteiger partial charge in [0.05, 0.1) is 0 Å². The van der Waals surface area contributed by atoms with E-state index in [-0.39, 0.29) is 6.04 Å². The van der Waals surface area contributed by atoms with Crippen LogP contribution < -0.4 is 15.4 Å². The molecule has 1 aliphatic heterocycles. The van der Waals surface area contributed by atoms with E-state index in [4.69, 9.17) is 4.74 Å². The number of halogens is 2. The molecule has 2 N–H and O–H groups in total. The minimum Gasteiger partial charge on any atom is -0.407 e.